The van der Waals surface area contributed by atoms with Crippen molar-refractivity contribution in [1.82, 2.24) is 10.6 Å². The van der Waals surface area contributed by atoms with Gasteiger partial charge in [0.25, 0.3) is 0 Å². The first kappa shape index (κ1) is 34.4. The first-order valence-corrected chi connectivity index (χ1v) is 10.2. The smallest absolute Gasteiger partial charge is 0.320 e. The molecule has 0 saturated heterocycles. The summed E-state index contributed by atoms with van der Waals surface area (Å²) in [7, 11) is 0. The van der Waals surface area contributed by atoms with Gasteiger partial charge in [0, 0.05) is 13.1 Å². The number of carboxylic acid groups (broad SMARTS) is 3. The molecule has 0 aliphatic rings. The van der Waals surface area contributed by atoms with Gasteiger partial charge >= 0.3 is 17.9 Å². The van der Waals surface area contributed by atoms with Crippen LogP contribution in [0.5, 0.6) is 0 Å². The van der Waals surface area contributed by atoms with Crippen LogP contribution >= 0.6 is 0 Å². The van der Waals surface area contributed by atoms with E-state index in [1.165, 1.54) is 0 Å². The molecule has 0 aromatic heterocycles. The van der Waals surface area contributed by atoms with Gasteiger partial charge in [0.2, 0.25) is 0 Å². The van der Waals surface area contributed by atoms with E-state index in [4.69, 9.17) is 54.8 Å². The van der Waals surface area contributed by atoms with Crippen LogP contribution < -0.4 is 39.3 Å². The van der Waals surface area contributed by atoms with Crippen LogP contribution in [0.2, 0.25) is 0 Å². The van der Waals surface area contributed by atoms with Crippen LogP contribution in [-0.2, 0) is 14.4 Å². The van der Waals surface area contributed by atoms with Crippen molar-refractivity contribution in [3.8, 4) is 0 Å². The lowest BCUT2D eigenvalue weighted by Crippen LogP contribution is -2.34. The zero-order chi connectivity index (χ0) is 26.6. The molecule has 0 aromatic rings. The summed E-state index contributed by atoms with van der Waals surface area (Å²) in [4.78, 5) is 30.5. The first-order chi connectivity index (χ1) is 15.1. The summed E-state index contributed by atoms with van der Waals surface area (Å²) in [6.07, 6.45) is 2.50. The molecule has 0 unspecified atom stereocenters. The van der Waals surface area contributed by atoms with E-state index in [0.717, 1.165) is 0 Å². The molecule has 0 aliphatic heterocycles. The molecular formula is C18H41N9O6. The number of nitrogens with two attached hydrogens (primary N) is 5. The Hall–Kier alpha value is -3.17. The average Bonchev–Trinajstić information content (AvgIpc) is 2.68. The van der Waals surface area contributed by atoms with Crippen molar-refractivity contribution in [3.63, 3.8) is 0 Å². The molecule has 15 heteroatoms. The molecule has 33 heavy (non-hydrogen) atoms. The molecule has 0 heterocycles. The largest absolute Gasteiger partial charge is 0.480 e. The number of carboxylic acids is 3. The molecule has 0 aromatic carbocycles. The SMILES string of the molecule is CC(C)C[C@H](N)C(=O)O.N=C(N)NCCC[C@H](N)C(=O)O.N=C(N)NCCC[C@H](N)C(=O)O. The standard InChI is InChI=1S/2C6H14N4O2.C6H13NO2/c2*7-4(5(11)12)2-1-3-10-6(8)9;1-4(2)3-5(7)6(8)9/h2*4H,1-3,7H2,(H,11,12)(H4,8,9,10);4-5H,3,7H2,1-2H3,(H,8,9)/t2*4-;5-/m000/s1. The van der Waals surface area contributed by atoms with E-state index in [1.807, 2.05) is 13.8 Å². The average molecular weight is 480 g/mol. The fraction of sp³-hybridized carbons (Fsp3) is 0.722. The second-order valence-corrected chi connectivity index (χ2v) is 7.43. The Morgan fingerprint density at radius 3 is 1.21 bits per heavy atom. The Morgan fingerprint density at radius 2 is 1.03 bits per heavy atom. The van der Waals surface area contributed by atoms with Gasteiger partial charge in [-0.3, -0.25) is 25.2 Å². The number of aliphatic carboxylic acids is 3. The summed E-state index contributed by atoms with van der Waals surface area (Å²) in [5, 5.41) is 43.7. The third kappa shape index (κ3) is 28.8. The summed E-state index contributed by atoms with van der Waals surface area (Å²) in [6.45, 7) is 4.86. The summed E-state index contributed by atoms with van der Waals surface area (Å²) < 4.78 is 0. The van der Waals surface area contributed by atoms with Crippen molar-refractivity contribution >= 4 is 29.8 Å². The van der Waals surface area contributed by atoms with Crippen LogP contribution in [0.15, 0.2) is 0 Å². The molecule has 0 saturated carbocycles. The van der Waals surface area contributed by atoms with Crippen LogP contribution in [0.1, 0.15) is 46.0 Å². The van der Waals surface area contributed by atoms with Crippen LogP contribution in [0.25, 0.3) is 0 Å². The van der Waals surface area contributed by atoms with Gasteiger partial charge in [0.05, 0.1) is 0 Å². The van der Waals surface area contributed by atoms with E-state index in [2.05, 4.69) is 10.6 Å². The number of carbonyl (C=O) groups is 3. The molecule has 15 nitrogen and oxygen atoms in total. The van der Waals surface area contributed by atoms with Gasteiger partial charge in [-0.25, -0.2) is 0 Å². The highest BCUT2D eigenvalue weighted by Gasteiger charge is 2.12. The Bertz CT molecular complexity index is 566. The van der Waals surface area contributed by atoms with Gasteiger partial charge in [-0.15, -0.1) is 0 Å². The van der Waals surface area contributed by atoms with Gasteiger partial charge in [0.15, 0.2) is 11.9 Å². The van der Waals surface area contributed by atoms with E-state index >= 15 is 0 Å². The maximum Gasteiger partial charge on any atom is 0.320 e. The lowest BCUT2D eigenvalue weighted by atomic mass is 10.1. The van der Waals surface area contributed by atoms with Gasteiger partial charge in [-0.1, -0.05) is 13.8 Å². The normalized spacial score (nSPS) is 12.5. The van der Waals surface area contributed by atoms with Crippen molar-refractivity contribution in [1.29, 1.82) is 10.8 Å². The Balaban J connectivity index is -0.000000414. The van der Waals surface area contributed by atoms with Crippen LogP contribution in [0.4, 0.5) is 0 Å². The minimum absolute atomic E-state index is 0.112. The molecule has 194 valence electrons. The third-order valence-electron chi connectivity index (χ3n) is 3.69. The summed E-state index contributed by atoms with van der Waals surface area (Å²) in [5.74, 6) is -2.78. The van der Waals surface area contributed by atoms with Gasteiger partial charge in [-0.05, 0) is 38.0 Å². The van der Waals surface area contributed by atoms with E-state index in [9.17, 15) is 14.4 Å². The number of hydrogen-bond donors (Lipinski definition) is 12. The molecule has 0 bridgehead atoms. The van der Waals surface area contributed by atoms with Crippen molar-refractivity contribution in [3.05, 3.63) is 0 Å². The monoisotopic (exact) mass is 479 g/mol. The lowest BCUT2D eigenvalue weighted by molar-refractivity contribution is -0.139. The number of hydrogen-bond acceptors (Lipinski definition) is 8. The number of rotatable bonds is 13. The van der Waals surface area contributed by atoms with Crippen molar-refractivity contribution < 1.29 is 29.7 Å². The second-order valence-electron chi connectivity index (χ2n) is 7.43. The van der Waals surface area contributed by atoms with Gasteiger partial charge in [0.1, 0.15) is 18.1 Å². The Kier molecular flexibility index (Phi) is 21.6. The Labute approximate surface area is 193 Å². The lowest BCUT2D eigenvalue weighted by Gasteiger charge is -2.07. The quantitative estimate of drug-likeness (QED) is 0.0756. The molecule has 0 amide bonds. The van der Waals surface area contributed by atoms with Crippen LogP contribution in [0, 0.1) is 16.7 Å². The molecular weight excluding hydrogens is 438 g/mol. The van der Waals surface area contributed by atoms with E-state index in [0.29, 0.717) is 51.1 Å². The highest BCUT2D eigenvalue weighted by molar-refractivity contribution is 5.75. The van der Waals surface area contributed by atoms with Gasteiger partial charge in [-0.2, -0.15) is 0 Å². The zero-order valence-electron chi connectivity index (χ0n) is 19.2. The minimum Gasteiger partial charge on any atom is -0.480 e. The van der Waals surface area contributed by atoms with Crippen molar-refractivity contribution in [2.45, 2.75) is 64.1 Å². The molecule has 0 spiro atoms. The molecule has 0 radical (unpaired) electrons. The number of nitrogens with one attached hydrogen (secondary N) is 4. The molecule has 0 rings (SSSR count). The highest BCUT2D eigenvalue weighted by Crippen LogP contribution is 2.01. The molecule has 0 aliphatic carbocycles. The molecule has 3 atom stereocenters. The van der Waals surface area contributed by atoms with Gasteiger partial charge < -0.3 is 54.6 Å². The van der Waals surface area contributed by atoms with Crippen molar-refractivity contribution in [2.24, 2.45) is 34.6 Å². The predicted molar refractivity (Wildman–Crippen MR) is 125 cm³/mol. The summed E-state index contributed by atoms with van der Waals surface area (Å²) >= 11 is 0. The van der Waals surface area contributed by atoms with Crippen molar-refractivity contribution in [2.75, 3.05) is 13.1 Å². The molecule has 17 N–H and O–H groups in total. The Morgan fingerprint density at radius 1 is 0.727 bits per heavy atom. The fourth-order valence-electron chi connectivity index (χ4n) is 1.95. The summed E-state index contributed by atoms with van der Waals surface area (Å²) in [5.41, 5.74) is 25.6. The predicted octanol–water partition coefficient (Wildman–Crippen LogP) is -2.23. The maximum atomic E-state index is 10.2. The zero-order valence-corrected chi connectivity index (χ0v) is 19.2. The number of guanidine groups is 2. The van der Waals surface area contributed by atoms with Crippen LogP contribution in [-0.4, -0.2) is 76.4 Å². The maximum absolute atomic E-state index is 10.2. The first-order valence-electron chi connectivity index (χ1n) is 10.2. The van der Waals surface area contributed by atoms with E-state index < -0.39 is 36.0 Å². The minimum atomic E-state index is -1.00. The third-order valence-corrected chi connectivity index (χ3v) is 3.69. The highest BCUT2D eigenvalue weighted by atomic mass is 16.4. The van der Waals surface area contributed by atoms with Crippen LogP contribution in [0.3, 0.4) is 0 Å². The fourth-order valence-corrected chi connectivity index (χ4v) is 1.95. The van der Waals surface area contributed by atoms with E-state index in [1.54, 1.807) is 0 Å². The molecule has 0 fully saturated rings. The summed E-state index contributed by atoms with van der Waals surface area (Å²) in [6, 6.07) is -2.33. The van der Waals surface area contributed by atoms with E-state index in [-0.39, 0.29) is 11.9 Å². The topological polar surface area (TPSA) is 314 Å². The second kappa shape index (κ2) is 20.7.